The van der Waals surface area contributed by atoms with Gasteiger partial charge in [0.2, 0.25) is 0 Å². The molecule has 0 radical (unpaired) electrons. The maximum absolute atomic E-state index is 14.0. The van der Waals surface area contributed by atoms with Gasteiger partial charge in [0.25, 0.3) is 0 Å². The molecule has 1 aromatic rings. The van der Waals surface area contributed by atoms with Gasteiger partial charge >= 0.3 is 0 Å². The number of rotatable bonds is 2. The van der Waals surface area contributed by atoms with Crippen molar-refractivity contribution in [2.24, 2.45) is 0 Å². The first kappa shape index (κ1) is 14.5. The summed E-state index contributed by atoms with van der Waals surface area (Å²) in [5.74, 6) is -1.40. The van der Waals surface area contributed by atoms with Crippen LogP contribution in [0.1, 0.15) is 18.3 Å². The second kappa shape index (κ2) is 5.59. The average molecular weight is 295 g/mol. The van der Waals surface area contributed by atoms with Gasteiger partial charge in [-0.15, -0.1) is 0 Å². The second-order valence-corrected chi connectivity index (χ2v) is 4.71. The first-order chi connectivity index (χ1) is 9.43. The summed E-state index contributed by atoms with van der Waals surface area (Å²) in [5, 5.41) is 0.482. The zero-order chi connectivity index (χ0) is 14.9. The number of allylic oxidation sites excluding steroid dienone is 4. The molecule has 0 saturated carbocycles. The van der Waals surface area contributed by atoms with E-state index in [2.05, 4.69) is 11.6 Å². The normalized spacial score (nSPS) is 15.7. The highest BCUT2D eigenvalue weighted by molar-refractivity contribution is 6.31. The maximum atomic E-state index is 14.0. The average Bonchev–Trinajstić information content (AvgIpc) is 2.40. The lowest BCUT2D eigenvalue weighted by atomic mass is 10.1. The summed E-state index contributed by atoms with van der Waals surface area (Å²) in [5.41, 5.74) is 1.27. The van der Waals surface area contributed by atoms with Gasteiger partial charge in [0.15, 0.2) is 5.82 Å². The van der Waals surface area contributed by atoms with E-state index in [1.165, 1.54) is 6.92 Å². The fourth-order valence-electron chi connectivity index (χ4n) is 1.86. The molecular weight excluding hydrogens is 282 g/mol. The van der Waals surface area contributed by atoms with Crippen molar-refractivity contribution in [1.29, 1.82) is 0 Å². The Kier molecular flexibility index (Phi) is 4.04. The van der Waals surface area contributed by atoms with Crippen molar-refractivity contribution in [1.82, 2.24) is 9.88 Å². The van der Waals surface area contributed by atoms with Crippen LogP contribution < -0.4 is 0 Å². The monoisotopic (exact) mass is 294 g/mol. The predicted molar refractivity (Wildman–Crippen MR) is 76.6 cm³/mol. The Balaban J connectivity index is 2.52. The highest BCUT2D eigenvalue weighted by Gasteiger charge is 2.20. The molecule has 1 aromatic heterocycles. The van der Waals surface area contributed by atoms with Crippen molar-refractivity contribution in [3.8, 4) is 0 Å². The van der Waals surface area contributed by atoms with Crippen molar-refractivity contribution in [2.75, 3.05) is 0 Å². The molecule has 0 amide bonds. The quantitative estimate of drug-likeness (QED) is 0.798. The van der Waals surface area contributed by atoms with Crippen molar-refractivity contribution in [3.63, 3.8) is 0 Å². The van der Waals surface area contributed by atoms with Gasteiger partial charge in [-0.25, -0.2) is 13.8 Å². The topological polar surface area (TPSA) is 16.1 Å². The van der Waals surface area contributed by atoms with Crippen LogP contribution in [0.25, 0.3) is 5.70 Å². The molecule has 0 N–H and O–H groups in total. The highest BCUT2D eigenvalue weighted by Crippen LogP contribution is 2.29. The first-order valence-electron chi connectivity index (χ1n) is 5.97. The van der Waals surface area contributed by atoms with Crippen LogP contribution in [0.2, 0.25) is 0 Å². The van der Waals surface area contributed by atoms with E-state index in [-0.39, 0.29) is 11.4 Å². The van der Waals surface area contributed by atoms with Gasteiger partial charge < -0.3 is 4.90 Å². The molecule has 2 nitrogen and oxygen atoms in total. The molecule has 1 aliphatic heterocycles. The summed E-state index contributed by atoms with van der Waals surface area (Å²) in [6.45, 7) is 7.09. The van der Waals surface area contributed by atoms with Crippen molar-refractivity contribution in [2.45, 2.75) is 13.8 Å². The van der Waals surface area contributed by atoms with Crippen LogP contribution in [0.4, 0.5) is 8.78 Å². The van der Waals surface area contributed by atoms with Crippen LogP contribution in [-0.2, 0) is 0 Å². The van der Waals surface area contributed by atoms with E-state index in [1.807, 2.05) is 0 Å². The molecule has 1 aliphatic rings. The lowest BCUT2D eigenvalue weighted by Gasteiger charge is -2.26. The van der Waals surface area contributed by atoms with Gasteiger partial charge in [0.05, 0.1) is 16.4 Å². The third-order valence-electron chi connectivity index (χ3n) is 2.88. The summed E-state index contributed by atoms with van der Waals surface area (Å²) in [6, 6.07) is 0.828. The summed E-state index contributed by atoms with van der Waals surface area (Å²) < 4.78 is 27.3. The Labute approximate surface area is 121 Å². The van der Waals surface area contributed by atoms with Crippen molar-refractivity contribution in [3.05, 3.63) is 70.8 Å². The van der Waals surface area contributed by atoms with Crippen LogP contribution in [0.5, 0.6) is 0 Å². The third-order valence-corrected chi connectivity index (χ3v) is 3.10. The molecule has 20 heavy (non-hydrogen) atoms. The maximum Gasteiger partial charge on any atom is 0.153 e. The highest BCUT2D eigenvalue weighted by atomic mass is 35.5. The fraction of sp³-hybridized carbons (Fsp3) is 0.133. The number of halogens is 3. The minimum atomic E-state index is -0.729. The Morgan fingerprint density at radius 3 is 2.70 bits per heavy atom. The van der Waals surface area contributed by atoms with Gasteiger partial charge in [-0.1, -0.05) is 24.3 Å². The zero-order valence-corrected chi connectivity index (χ0v) is 11.9. The molecule has 0 atom stereocenters. The van der Waals surface area contributed by atoms with Crippen molar-refractivity contribution >= 4 is 17.3 Å². The van der Waals surface area contributed by atoms with E-state index in [4.69, 9.17) is 11.6 Å². The number of pyridine rings is 1. The number of nitrogens with zero attached hydrogens (tertiary/aromatic N) is 2. The Morgan fingerprint density at radius 2 is 2.05 bits per heavy atom. The Morgan fingerprint density at radius 1 is 1.35 bits per heavy atom. The van der Waals surface area contributed by atoms with E-state index in [9.17, 15) is 8.78 Å². The van der Waals surface area contributed by atoms with Crippen LogP contribution in [0, 0.1) is 18.6 Å². The molecule has 0 spiro atoms. The number of hydrogen-bond donors (Lipinski definition) is 0. The predicted octanol–water partition coefficient (Wildman–Crippen LogP) is 4.49. The second-order valence-electron chi connectivity index (χ2n) is 4.27. The number of aryl methyl sites for hydroxylation is 1. The smallest absolute Gasteiger partial charge is 0.153 e. The lowest BCUT2D eigenvalue weighted by Crippen LogP contribution is -2.18. The minimum Gasteiger partial charge on any atom is -0.314 e. The number of aromatic nitrogens is 1. The van der Waals surface area contributed by atoms with E-state index < -0.39 is 11.6 Å². The largest absolute Gasteiger partial charge is 0.314 e. The molecule has 2 rings (SSSR count). The summed E-state index contributed by atoms with van der Waals surface area (Å²) in [4.78, 5) is 5.60. The first-order valence-corrected chi connectivity index (χ1v) is 6.34. The molecule has 0 aromatic carbocycles. The third kappa shape index (κ3) is 2.65. The van der Waals surface area contributed by atoms with Crippen LogP contribution in [-0.4, -0.2) is 9.88 Å². The molecule has 5 heteroatoms. The van der Waals surface area contributed by atoms with Gasteiger partial charge in [-0.05, 0) is 26.0 Å². The SMILES string of the molecule is C=C1C=CC(Cl)=CN1/C(=C\C)c1nc(C)c(F)cc1F. The van der Waals surface area contributed by atoms with Gasteiger partial charge in [0.1, 0.15) is 11.5 Å². The standard InChI is InChI=1S/C15H13ClF2N2/c1-4-14(20-8-11(16)6-5-9(20)2)15-13(18)7-12(17)10(3)19-15/h4-8H,2H2,1,3H3/b14-4-. The number of hydrogen-bond acceptors (Lipinski definition) is 2. The summed E-state index contributed by atoms with van der Waals surface area (Å²) >= 11 is 5.95. The van der Waals surface area contributed by atoms with Crippen LogP contribution >= 0.6 is 11.6 Å². The summed E-state index contributed by atoms with van der Waals surface area (Å²) in [6.07, 6.45) is 6.68. The molecule has 0 saturated heterocycles. The van der Waals surface area contributed by atoms with Crippen LogP contribution in [0.15, 0.2) is 47.8 Å². The van der Waals surface area contributed by atoms with E-state index in [0.717, 1.165) is 6.07 Å². The molecule has 0 unspecified atom stereocenters. The zero-order valence-electron chi connectivity index (χ0n) is 11.1. The molecule has 104 valence electrons. The molecular formula is C15H13ClF2N2. The molecule has 0 fully saturated rings. The van der Waals surface area contributed by atoms with Gasteiger partial charge in [-0.2, -0.15) is 0 Å². The molecule has 0 bridgehead atoms. The molecule has 0 aliphatic carbocycles. The van der Waals surface area contributed by atoms with Crippen molar-refractivity contribution < 1.29 is 8.78 Å². The van der Waals surface area contributed by atoms with E-state index >= 15 is 0 Å². The van der Waals surface area contributed by atoms with Gasteiger partial charge in [-0.3, -0.25) is 0 Å². The Hall–Kier alpha value is -1.94. The van der Waals surface area contributed by atoms with E-state index in [1.54, 1.807) is 36.3 Å². The van der Waals surface area contributed by atoms with Gasteiger partial charge in [0, 0.05) is 18.0 Å². The van der Waals surface area contributed by atoms with E-state index in [0.29, 0.717) is 16.4 Å². The summed E-state index contributed by atoms with van der Waals surface area (Å²) in [7, 11) is 0. The fourth-order valence-corrected chi connectivity index (χ4v) is 2.02. The minimum absolute atomic E-state index is 0.0589. The Bertz CT molecular complexity index is 660. The lowest BCUT2D eigenvalue weighted by molar-refractivity contribution is 0.554. The van der Waals surface area contributed by atoms with Crippen LogP contribution in [0.3, 0.4) is 0 Å². The molecule has 2 heterocycles.